The highest BCUT2D eigenvalue weighted by molar-refractivity contribution is 6.03. The fourth-order valence-electron chi connectivity index (χ4n) is 4.79. The van der Waals surface area contributed by atoms with Gasteiger partial charge in [-0.15, -0.1) is 0 Å². The van der Waals surface area contributed by atoms with E-state index < -0.39 is 30.3 Å². The molecule has 0 unspecified atom stereocenters. The molecule has 2 amide bonds. The maximum absolute atomic E-state index is 14.0. The fraction of sp³-hybridized carbons (Fsp3) is 0.409. The van der Waals surface area contributed by atoms with E-state index in [1.807, 2.05) is 0 Å². The van der Waals surface area contributed by atoms with Crippen molar-refractivity contribution in [2.24, 2.45) is 11.1 Å². The quantitative estimate of drug-likeness (QED) is 0.486. The Morgan fingerprint density at radius 3 is 2.65 bits per heavy atom. The lowest BCUT2D eigenvalue weighted by Gasteiger charge is -2.45. The maximum Gasteiger partial charge on any atom is 0.422 e. The Kier molecular flexibility index (Phi) is 5.78. The van der Waals surface area contributed by atoms with Crippen LogP contribution in [0.15, 0.2) is 30.9 Å². The number of hydrogen-bond donors (Lipinski definition) is 2. The number of hydrogen-bond acceptors (Lipinski definition) is 5. The molecule has 34 heavy (non-hydrogen) atoms. The van der Waals surface area contributed by atoms with Gasteiger partial charge in [0.25, 0.3) is 5.91 Å². The smallest absolute Gasteiger partial charge is 0.422 e. The third-order valence-corrected chi connectivity index (χ3v) is 6.40. The number of carbonyl (C=O) groups excluding carboxylic acids is 2. The van der Waals surface area contributed by atoms with Crippen LogP contribution < -0.4 is 16.2 Å². The van der Waals surface area contributed by atoms with Crippen molar-refractivity contribution in [2.75, 3.05) is 25.4 Å². The number of nitrogen functional groups attached to an aromatic ring is 1. The first-order valence-electron chi connectivity index (χ1n) is 10.5. The Labute approximate surface area is 192 Å². The van der Waals surface area contributed by atoms with E-state index in [0.29, 0.717) is 25.9 Å². The van der Waals surface area contributed by atoms with Crippen LogP contribution in [0.2, 0.25) is 0 Å². The van der Waals surface area contributed by atoms with Crippen LogP contribution >= 0.6 is 0 Å². The first kappa shape index (κ1) is 23.6. The second-order valence-corrected chi connectivity index (χ2v) is 8.74. The van der Waals surface area contributed by atoms with Gasteiger partial charge in [0.1, 0.15) is 17.1 Å². The highest BCUT2D eigenvalue weighted by atomic mass is 19.4. The van der Waals surface area contributed by atoms with Gasteiger partial charge in [0, 0.05) is 18.7 Å². The number of nitrogens with zero attached hydrogens (tertiary/aromatic N) is 3. The van der Waals surface area contributed by atoms with Crippen LogP contribution in [0.3, 0.4) is 0 Å². The Morgan fingerprint density at radius 2 is 2.03 bits per heavy atom. The molecule has 2 heterocycles. The van der Waals surface area contributed by atoms with Gasteiger partial charge in [-0.1, -0.05) is 6.58 Å². The summed E-state index contributed by atoms with van der Waals surface area (Å²) in [4.78, 5) is 25.8. The normalized spacial score (nSPS) is 22.0. The van der Waals surface area contributed by atoms with E-state index in [0.717, 1.165) is 18.6 Å². The lowest BCUT2D eigenvalue weighted by atomic mass is 9.65. The van der Waals surface area contributed by atoms with E-state index in [1.165, 1.54) is 16.8 Å². The Balaban J connectivity index is 1.60. The Hall–Kier alpha value is -3.57. The van der Waals surface area contributed by atoms with Gasteiger partial charge in [-0.2, -0.15) is 18.3 Å². The molecule has 182 valence electrons. The van der Waals surface area contributed by atoms with Gasteiger partial charge >= 0.3 is 6.18 Å². The number of anilines is 1. The number of alkyl halides is 3. The number of likely N-dealkylation sites (tertiary alicyclic amines) is 1. The average Bonchev–Trinajstić information content (AvgIpc) is 3.33. The SMILES string of the molecule is C=CC(=O)N1CCC2(CC(n3nc(-c4ccc(F)c(OCC(F)(F)F)c4)c(C(N)=O)c3N)C2)C1. The largest absolute Gasteiger partial charge is 0.481 e. The van der Waals surface area contributed by atoms with Crippen LogP contribution in [0, 0.1) is 11.2 Å². The van der Waals surface area contributed by atoms with E-state index in [-0.39, 0.29) is 40.0 Å². The Morgan fingerprint density at radius 1 is 1.32 bits per heavy atom. The summed E-state index contributed by atoms with van der Waals surface area (Å²) < 4.78 is 57.6. The van der Waals surface area contributed by atoms with E-state index in [2.05, 4.69) is 16.4 Å². The van der Waals surface area contributed by atoms with Crippen molar-refractivity contribution in [1.29, 1.82) is 0 Å². The molecule has 1 saturated heterocycles. The van der Waals surface area contributed by atoms with E-state index in [1.54, 1.807) is 4.90 Å². The van der Waals surface area contributed by atoms with Gasteiger partial charge in [0.15, 0.2) is 18.2 Å². The van der Waals surface area contributed by atoms with E-state index in [9.17, 15) is 27.2 Å². The van der Waals surface area contributed by atoms with Crippen molar-refractivity contribution in [1.82, 2.24) is 14.7 Å². The number of halogens is 4. The second-order valence-electron chi connectivity index (χ2n) is 8.74. The van der Waals surface area contributed by atoms with Crippen LogP contribution in [0.4, 0.5) is 23.4 Å². The molecule has 1 aromatic carbocycles. The number of aromatic nitrogens is 2. The van der Waals surface area contributed by atoms with Gasteiger partial charge < -0.3 is 21.1 Å². The summed E-state index contributed by atoms with van der Waals surface area (Å²) in [5, 5.41) is 4.42. The molecule has 4 rings (SSSR count). The van der Waals surface area contributed by atoms with Gasteiger partial charge in [0.05, 0.1) is 6.04 Å². The zero-order chi connectivity index (χ0) is 24.8. The molecule has 4 N–H and O–H groups in total. The summed E-state index contributed by atoms with van der Waals surface area (Å²) in [7, 11) is 0. The first-order chi connectivity index (χ1) is 15.9. The topological polar surface area (TPSA) is 116 Å². The van der Waals surface area contributed by atoms with Gasteiger partial charge in [-0.3, -0.25) is 9.59 Å². The molecule has 12 heteroatoms. The van der Waals surface area contributed by atoms with Crippen LogP contribution in [0.25, 0.3) is 11.3 Å². The average molecular weight is 481 g/mol. The van der Waals surface area contributed by atoms with Crippen LogP contribution in [0.1, 0.15) is 35.7 Å². The van der Waals surface area contributed by atoms with E-state index in [4.69, 9.17) is 11.5 Å². The molecular weight excluding hydrogens is 458 g/mol. The zero-order valence-electron chi connectivity index (χ0n) is 18.1. The third-order valence-electron chi connectivity index (χ3n) is 6.40. The zero-order valence-corrected chi connectivity index (χ0v) is 18.1. The van der Waals surface area contributed by atoms with Crippen molar-refractivity contribution in [2.45, 2.75) is 31.5 Å². The highest BCUT2D eigenvalue weighted by Crippen LogP contribution is 2.54. The van der Waals surface area contributed by atoms with Gasteiger partial charge in [-0.05, 0) is 49.0 Å². The minimum absolute atomic E-state index is 0.0152. The molecule has 1 aliphatic carbocycles. The molecule has 8 nitrogen and oxygen atoms in total. The maximum atomic E-state index is 14.0. The lowest BCUT2D eigenvalue weighted by Crippen LogP contribution is -2.42. The molecule has 1 spiro atoms. The monoisotopic (exact) mass is 481 g/mol. The minimum Gasteiger partial charge on any atom is -0.481 e. The van der Waals surface area contributed by atoms with Crippen LogP contribution in [-0.4, -0.2) is 52.4 Å². The molecule has 2 aromatic rings. The third kappa shape index (κ3) is 4.31. The predicted octanol–water partition coefficient (Wildman–Crippen LogP) is 3.05. The second kappa shape index (κ2) is 8.33. The van der Waals surface area contributed by atoms with Crippen molar-refractivity contribution in [3.8, 4) is 17.0 Å². The molecule has 1 aliphatic heterocycles. The van der Waals surface area contributed by atoms with Crippen molar-refractivity contribution >= 4 is 17.6 Å². The summed E-state index contributed by atoms with van der Waals surface area (Å²) >= 11 is 0. The van der Waals surface area contributed by atoms with E-state index >= 15 is 0 Å². The standard InChI is InChI=1S/C22H23F4N5O3/c1-2-16(32)30-6-5-21(10-30)8-13(9-21)31-19(27)17(20(28)33)18(29-31)12-3-4-14(23)15(7-12)34-11-22(24,25)26/h2-4,7,13H,1,5-6,8-11,27H2,(H2,28,33). The van der Waals surface area contributed by atoms with Gasteiger partial charge in [0.2, 0.25) is 5.91 Å². The molecule has 1 saturated carbocycles. The number of primary amides is 1. The summed E-state index contributed by atoms with van der Waals surface area (Å²) in [6, 6.07) is 3.04. The number of nitrogens with two attached hydrogens (primary N) is 2. The van der Waals surface area contributed by atoms with Crippen molar-refractivity contribution < 1.29 is 31.9 Å². The van der Waals surface area contributed by atoms with Crippen molar-refractivity contribution in [3.05, 3.63) is 42.2 Å². The molecule has 0 radical (unpaired) electrons. The lowest BCUT2D eigenvalue weighted by molar-refractivity contribution is -0.153. The summed E-state index contributed by atoms with van der Waals surface area (Å²) in [6.07, 6.45) is -1.22. The summed E-state index contributed by atoms with van der Waals surface area (Å²) in [5.41, 5.74) is 11.7. The van der Waals surface area contributed by atoms with Gasteiger partial charge in [-0.25, -0.2) is 9.07 Å². The minimum atomic E-state index is -4.65. The molecule has 0 bridgehead atoms. The molecule has 0 atom stereocenters. The highest BCUT2D eigenvalue weighted by Gasteiger charge is 2.50. The molecular formula is C22H23F4N5O3. The fourth-order valence-corrected chi connectivity index (χ4v) is 4.79. The predicted molar refractivity (Wildman–Crippen MR) is 114 cm³/mol. The van der Waals surface area contributed by atoms with Crippen LogP contribution in [0.5, 0.6) is 5.75 Å². The van der Waals surface area contributed by atoms with Crippen molar-refractivity contribution in [3.63, 3.8) is 0 Å². The van der Waals surface area contributed by atoms with Crippen LogP contribution in [-0.2, 0) is 4.79 Å². The molecule has 2 fully saturated rings. The molecule has 2 aliphatic rings. The summed E-state index contributed by atoms with van der Waals surface area (Å²) in [6.45, 7) is 3.04. The summed E-state index contributed by atoms with van der Waals surface area (Å²) in [5.74, 6) is -2.63. The number of benzene rings is 1. The molecule has 1 aromatic heterocycles. The Bertz CT molecular complexity index is 1150. The first-order valence-corrected chi connectivity index (χ1v) is 10.5. The number of carbonyl (C=O) groups is 2. The number of rotatable bonds is 6. The number of ether oxygens (including phenoxy) is 1. The number of amides is 2.